The van der Waals surface area contributed by atoms with Gasteiger partial charge in [-0.1, -0.05) is 60.7 Å². The predicted octanol–water partition coefficient (Wildman–Crippen LogP) is 4.06. The Labute approximate surface area is 145 Å². The van der Waals surface area contributed by atoms with Crippen LogP contribution < -0.4 is 5.01 Å². The first-order chi connectivity index (χ1) is 12.2. The molecule has 122 valence electrons. The maximum atomic E-state index is 13.1. The third-order valence-electron chi connectivity index (χ3n) is 4.45. The second kappa shape index (κ2) is 5.98. The first-order valence-electron chi connectivity index (χ1n) is 8.13. The van der Waals surface area contributed by atoms with Crippen molar-refractivity contribution in [1.29, 1.82) is 0 Å². The number of fused-ring (bicyclic) bond motifs is 1. The third kappa shape index (κ3) is 2.52. The van der Waals surface area contributed by atoms with Crippen LogP contribution in [0.25, 0.3) is 10.8 Å². The van der Waals surface area contributed by atoms with Crippen LogP contribution in [0.3, 0.4) is 0 Å². The van der Waals surface area contributed by atoms with Crippen molar-refractivity contribution in [3.05, 3.63) is 78.4 Å². The minimum absolute atomic E-state index is 0.207. The number of para-hydroxylation sites is 1. The number of amides is 1. The number of hydrogen-bond donors (Lipinski definition) is 0. The second-order valence-corrected chi connectivity index (χ2v) is 6.05. The highest BCUT2D eigenvalue weighted by Crippen LogP contribution is 2.28. The smallest absolute Gasteiger partial charge is 0.264 e. The van der Waals surface area contributed by atoms with E-state index in [1.54, 1.807) is 25.1 Å². The molecule has 0 saturated carbocycles. The van der Waals surface area contributed by atoms with Crippen molar-refractivity contribution in [2.24, 2.45) is 11.0 Å². The Morgan fingerprint density at radius 1 is 0.920 bits per heavy atom. The second-order valence-electron chi connectivity index (χ2n) is 6.05. The molecule has 3 aromatic carbocycles. The predicted molar refractivity (Wildman–Crippen MR) is 98.8 cm³/mol. The monoisotopic (exact) mass is 328 g/mol. The molecule has 4 heteroatoms. The average molecular weight is 328 g/mol. The summed E-state index contributed by atoms with van der Waals surface area (Å²) < 4.78 is 0. The Balaban J connectivity index is 1.74. The Morgan fingerprint density at radius 3 is 2.40 bits per heavy atom. The lowest BCUT2D eigenvalue weighted by molar-refractivity contribution is -0.118. The van der Waals surface area contributed by atoms with Gasteiger partial charge in [-0.2, -0.15) is 10.1 Å². The van der Waals surface area contributed by atoms with E-state index >= 15 is 0 Å². The molecule has 25 heavy (non-hydrogen) atoms. The van der Waals surface area contributed by atoms with Gasteiger partial charge in [0.1, 0.15) is 5.92 Å². The van der Waals surface area contributed by atoms with Gasteiger partial charge in [-0.05, 0) is 29.8 Å². The van der Waals surface area contributed by atoms with Crippen LogP contribution in [0.5, 0.6) is 0 Å². The number of Topliss-reactive ketones (excluding diaryl/α,β-unsaturated/α-hetero) is 1. The van der Waals surface area contributed by atoms with Crippen LogP contribution in [-0.2, 0) is 4.79 Å². The van der Waals surface area contributed by atoms with Crippen molar-refractivity contribution in [1.82, 2.24) is 0 Å². The largest absolute Gasteiger partial charge is 0.293 e. The lowest BCUT2D eigenvalue weighted by Crippen LogP contribution is -2.32. The number of ketones is 1. The zero-order chi connectivity index (χ0) is 17.4. The van der Waals surface area contributed by atoms with E-state index in [9.17, 15) is 9.59 Å². The van der Waals surface area contributed by atoms with Crippen molar-refractivity contribution in [2.75, 3.05) is 5.01 Å². The molecule has 0 bridgehead atoms. The molecule has 1 aliphatic heterocycles. The van der Waals surface area contributed by atoms with E-state index in [4.69, 9.17) is 0 Å². The van der Waals surface area contributed by atoms with Gasteiger partial charge in [0.2, 0.25) is 0 Å². The molecule has 1 aliphatic rings. The van der Waals surface area contributed by atoms with Crippen LogP contribution >= 0.6 is 0 Å². The topological polar surface area (TPSA) is 49.7 Å². The Morgan fingerprint density at radius 2 is 1.60 bits per heavy atom. The third-order valence-corrected chi connectivity index (χ3v) is 4.45. The zero-order valence-electron chi connectivity index (χ0n) is 13.7. The minimum atomic E-state index is -0.869. The molecule has 4 rings (SSSR count). The fraction of sp³-hybridized carbons (Fsp3) is 0.0952. The van der Waals surface area contributed by atoms with Gasteiger partial charge in [0, 0.05) is 5.56 Å². The minimum Gasteiger partial charge on any atom is -0.293 e. The summed E-state index contributed by atoms with van der Waals surface area (Å²) >= 11 is 0. The highest BCUT2D eigenvalue weighted by molar-refractivity contribution is 6.32. The van der Waals surface area contributed by atoms with E-state index in [0.29, 0.717) is 17.0 Å². The number of hydrogen-bond acceptors (Lipinski definition) is 3. The van der Waals surface area contributed by atoms with Gasteiger partial charge >= 0.3 is 0 Å². The molecule has 0 aliphatic carbocycles. The highest BCUT2D eigenvalue weighted by atomic mass is 16.2. The maximum absolute atomic E-state index is 13.1. The average Bonchev–Trinajstić information content (AvgIpc) is 2.96. The van der Waals surface area contributed by atoms with E-state index < -0.39 is 5.92 Å². The molecular formula is C21H16N2O2. The molecule has 1 amide bonds. The summed E-state index contributed by atoms with van der Waals surface area (Å²) in [7, 11) is 0. The van der Waals surface area contributed by atoms with Crippen LogP contribution in [0.2, 0.25) is 0 Å². The normalized spacial score (nSPS) is 17.0. The summed E-state index contributed by atoms with van der Waals surface area (Å²) in [5.41, 5.74) is 1.74. The van der Waals surface area contributed by atoms with Gasteiger partial charge in [0.25, 0.3) is 5.91 Å². The summed E-state index contributed by atoms with van der Waals surface area (Å²) in [5, 5.41) is 7.49. The molecule has 4 nitrogen and oxygen atoms in total. The number of hydrazone groups is 1. The van der Waals surface area contributed by atoms with Gasteiger partial charge in [-0.3, -0.25) is 9.59 Å². The molecule has 1 unspecified atom stereocenters. The van der Waals surface area contributed by atoms with E-state index in [2.05, 4.69) is 5.10 Å². The number of anilines is 1. The van der Waals surface area contributed by atoms with Crippen LogP contribution in [0.4, 0.5) is 5.69 Å². The summed E-state index contributed by atoms with van der Waals surface area (Å²) in [6.07, 6.45) is 0. The molecule has 1 atom stereocenters. The number of rotatable bonds is 3. The van der Waals surface area contributed by atoms with Crippen LogP contribution in [0, 0.1) is 5.92 Å². The molecule has 3 aromatic rings. The molecule has 1 heterocycles. The standard InChI is InChI=1S/C21H16N2O2/c1-14-19(21(25)23(22-14)16-10-3-2-4-11-16)20(24)18-13-7-9-15-8-5-6-12-17(15)18/h2-13,19H,1H3. The quantitative estimate of drug-likeness (QED) is 0.538. The lowest BCUT2D eigenvalue weighted by Gasteiger charge is -2.14. The van der Waals surface area contributed by atoms with Crippen LogP contribution in [-0.4, -0.2) is 17.4 Å². The van der Waals surface area contributed by atoms with E-state index in [0.717, 1.165) is 10.8 Å². The Kier molecular flexibility index (Phi) is 3.65. The van der Waals surface area contributed by atoms with Gasteiger partial charge in [0.05, 0.1) is 11.4 Å². The molecular weight excluding hydrogens is 312 g/mol. The van der Waals surface area contributed by atoms with Crippen molar-refractivity contribution < 1.29 is 9.59 Å². The first kappa shape index (κ1) is 15.3. The molecule has 0 fully saturated rings. The molecule has 0 N–H and O–H groups in total. The number of nitrogens with zero attached hydrogens (tertiary/aromatic N) is 2. The molecule has 0 spiro atoms. The summed E-state index contributed by atoms with van der Waals surface area (Å²) in [5.74, 6) is -1.38. The van der Waals surface area contributed by atoms with Gasteiger partial charge in [0.15, 0.2) is 5.78 Å². The highest BCUT2D eigenvalue weighted by Gasteiger charge is 2.40. The van der Waals surface area contributed by atoms with Gasteiger partial charge in [-0.25, -0.2) is 0 Å². The van der Waals surface area contributed by atoms with Gasteiger partial charge in [-0.15, -0.1) is 0 Å². The fourth-order valence-corrected chi connectivity index (χ4v) is 3.22. The zero-order valence-corrected chi connectivity index (χ0v) is 13.7. The fourth-order valence-electron chi connectivity index (χ4n) is 3.22. The lowest BCUT2D eigenvalue weighted by atomic mass is 9.90. The number of carbonyl (C=O) groups is 2. The summed E-state index contributed by atoms with van der Waals surface area (Å²) in [6.45, 7) is 1.73. The van der Waals surface area contributed by atoms with Gasteiger partial charge < -0.3 is 0 Å². The molecule has 0 aromatic heterocycles. The van der Waals surface area contributed by atoms with Crippen LogP contribution in [0.1, 0.15) is 17.3 Å². The number of benzene rings is 3. The SMILES string of the molecule is CC1=NN(c2ccccc2)C(=O)C1C(=O)c1cccc2ccccc12. The van der Waals surface area contributed by atoms with Crippen molar-refractivity contribution in [3.8, 4) is 0 Å². The van der Waals surface area contributed by atoms with Crippen LogP contribution in [0.15, 0.2) is 77.9 Å². The summed E-state index contributed by atoms with van der Waals surface area (Å²) in [6, 6.07) is 22.4. The van der Waals surface area contributed by atoms with E-state index in [1.807, 2.05) is 54.6 Å². The molecule has 0 saturated heterocycles. The summed E-state index contributed by atoms with van der Waals surface area (Å²) in [4.78, 5) is 26.0. The Hall–Kier alpha value is -3.27. The van der Waals surface area contributed by atoms with Crippen molar-refractivity contribution in [3.63, 3.8) is 0 Å². The van der Waals surface area contributed by atoms with E-state index in [-0.39, 0.29) is 11.7 Å². The first-order valence-corrected chi connectivity index (χ1v) is 8.13. The van der Waals surface area contributed by atoms with Crippen molar-refractivity contribution in [2.45, 2.75) is 6.92 Å². The van der Waals surface area contributed by atoms with Crippen molar-refractivity contribution >= 4 is 33.9 Å². The maximum Gasteiger partial charge on any atom is 0.264 e. The Bertz CT molecular complexity index is 1000. The van der Waals surface area contributed by atoms with E-state index in [1.165, 1.54) is 5.01 Å². The number of carbonyl (C=O) groups excluding carboxylic acids is 2. The molecule has 0 radical (unpaired) electrons.